The lowest BCUT2D eigenvalue weighted by molar-refractivity contribution is -0.163. The molecule has 0 aromatic rings. The molecule has 0 aliphatic heterocycles. The molecule has 1 N–H and O–H groups in total. The molecular weight excluding hydrogens is 186 g/mol. The minimum absolute atomic E-state index is 0.303. The highest BCUT2D eigenvalue weighted by molar-refractivity contribution is 9.10. The molecule has 0 bridgehead atoms. The van der Waals surface area contributed by atoms with Gasteiger partial charge in [-0.2, -0.15) is 0 Å². The van der Waals surface area contributed by atoms with Gasteiger partial charge in [-0.25, -0.2) is 5.06 Å². The number of hydrogen-bond acceptors (Lipinski definition) is 2. The SMILES string of the molecule is CCN(O)C(=O)C(C)Br. The van der Waals surface area contributed by atoms with Gasteiger partial charge in [-0.05, 0) is 13.8 Å². The average Bonchev–Trinajstić information content (AvgIpc) is 1.84. The monoisotopic (exact) mass is 195 g/mol. The van der Waals surface area contributed by atoms with E-state index in [1.807, 2.05) is 0 Å². The number of hydroxylamine groups is 2. The van der Waals surface area contributed by atoms with Crippen LogP contribution in [0.1, 0.15) is 13.8 Å². The highest BCUT2D eigenvalue weighted by Gasteiger charge is 2.13. The number of alkyl halides is 1. The Hall–Kier alpha value is -0.0900. The molecule has 0 heterocycles. The predicted octanol–water partition coefficient (Wildman–Crippen LogP) is 1.01. The topological polar surface area (TPSA) is 40.5 Å². The maximum atomic E-state index is 10.7. The first-order chi connectivity index (χ1) is 4.09. The smallest absolute Gasteiger partial charge is 0.259 e. The number of nitrogens with zero attached hydrogens (tertiary/aromatic N) is 1. The molecule has 9 heavy (non-hydrogen) atoms. The summed E-state index contributed by atoms with van der Waals surface area (Å²) in [6.45, 7) is 3.70. The number of hydrogen-bond donors (Lipinski definition) is 1. The van der Waals surface area contributed by atoms with Crippen LogP contribution in [0, 0.1) is 0 Å². The molecule has 1 amide bonds. The summed E-state index contributed by atoms with van der Waals surface area (Å²) in [5.41, 5.74) is 0. The number of amides is 1. The van der Waals surface area contributed by atoms with Crippen LogP contribution in [-0.4, -0.2) is 27.5 Å². The van der Waals surface area contributed by atoms with E-state index in [4.69, 9.17) is 5.21 Å². The van der Waals surface area contributed by atoms with Crippen molar-refractivity contribution in [3.63, 3.8) is 0 Å². The van der Waals surface area contributed by atoms with Crippen LogP contribution in [0.5, 0.6) is 0 Å². The van der Waals surface area contributed by atoms with E-state index in [0.29, 0.717) is 11.6 Å². The second kappa shape index (κ2) is 3.85. The van der Waals surface area contributed by atoms with Crippen LogP contribution in [-0.2, 0) is 4.79 Å². The van der Waals surface area contributed by atoms with Crippen molar-refractivity contribution in [2.75, 3.05) is 6.54 Å². The molecule has 54 valence electrons. The standard InChI is InChI=1S/C5H10BrNO2/c1-3-7(9)5(8)4(2)6/h4,9H,3H2,1-2H3. The first-order valence-electron chi connectivity index (χ1n) is 2.74. The van der Waals surface area contributed by atoms with Gasteiger partial charge in [-0.15, -0.1) is 0 Å². The van der Waals surface area contributed by atoms with Gasteiger partial charge in [0, 0.05) is 6.54 Å². The Morgan fingerprint density at radius 1 is 1.89 bits per heavy atom. The van der Waals surface area contributed by atoms with Crippen LogP contribution in [0.15, 0.2) is 0 Å². The van der Waals surface area contributed by atoms with Gasteiger partial charge in [0.05, 0.1) is 4.83 Å². The van der Waals surface area contributed by atoms with Crippen molar-refractivity contribution in [3.05, 3.63) is 0 Å². The van der Waals surface area contributed by atoms with Crippen molar-refractivity contribution < 1.29 is 10.0 Å². The molecule has 0 saturated carbocycles. The highest BCUT2D eigenvalue weighted by atomic mass is 79.9. The Balaban J connectivity index is 3.73. The van der Waals surface area contributed by atoms with E-state index in [9.17, 15) is 4.79 Å². The first kappa shape index (κ1) is 8.91. The second-order valence-electron chi connectivity index (χ2n) is 1.67. The lowest BCUT2D eigenvalue weighted by Crippen LogP contribution is -2.32. The van der Waals surface area contributed by atoms with Crippen LogP contribution in [0.4, 0.5) is 0 Å². The van der Waals surface area contributed by atoms with E-state index in [2.05, 4.69) is 15.9 Å². The van der Waals surface area contributed by atoms with Gasteiger partial charge >= 0.3 is 0 Å². The van der Waals surface area contributed by atoms with Gasteiger partial charge in [0.1, 0.15) is 0 Å². The summed E-state index contributed by atoms with van der Waals surface area (Å²) in [4.78, 5) is 10.4. The summed E-state index contributed by atoms with van der Waals surface area (Å²) < 4.78 is 0. The Kier molecular flexibility index (Phi) is 3.81. The van der Waals surface area contributed by atoms with E-state index in [-0.39, 0.29) is 10.7 Å². The van der Waals surface area contributed by atoms with Crippen LogP contribution < -0.4 is 0 Å². The minimum Gasteiger partial charge on any atom is -0.286 e. The van der Waals surface area contributed by atoms with Gasteiger partial charge in [0.25, 0.3) is 5.91 Å². The maximum Gasteiger partial charge on any atom is 0.259 e. The molecule has 1 unspecified atom stereocenters. The van der Waals surface area contributed by atoms with Gasteiger partial charge in [-0.1, -0.05) is 15.9 Å². The van der Waals surface area contributed by atoms with Crippen LogP contribution in [0.3, 0.4) is 0 Å². The third-order valence-electron chi connectivity index (χ3n) is 0.894. The molecule has 4 heteroatoms. The molecule has 3 nitrogen and oxygen atoms in total. The Labute approximate surface area is 62.7 Å². The van der Waals surface area contributed by atoms with Crippen molar-refractivity contribution in [1.29, 1.82) is 0 Å². The van der Waals surface area contributed by atoms with Crippen LogP contribution in [0.25, 0.3) is 0 Å². The summed E-state index contributed by atoms with van der Waals surface area (Å²) in [5.74, 6) is -0.308. The first-order valence-corrected chi connectivity index (χ1v) is 3.65. The summed E-state index contributed by atoms with van der Waals surface area (Å²) in [7, 11) is 0. The van der Waals surface area contributed by atoms with E-state index >= 15 is 0 Å². The second-order valence-corrected chi connectivity index (χ2v) is 3.04. The third-order valence-corrected chi connectivity index (χ3v) is 1.29. The zero-order valence-electron chi connectivity index (χ0n) is 5.47. The summed E-state index contributed by atoms with van der Waals surface area (Å²) in [6, 6.07) is 0. The van der Waals surface area contributed by atoms with E-state index < -0.39 is 0 Å². The van der Waals surface area contributed by atoms with E-state index in [1.165, 1.54) is 0 Å². The van der Waals surface area contributed by atoms with Crippen molar-refractivity contribution >= 4 is 21.8 Å². The minimum atomic E-state index is -0.308. The third kappa shape index (κ3) is 2.81. The molecule has 0 rings (SSSR count). The van der Waals surface area contributed by atoms with Crippen molar-refractivity contribution in [2.24, 2.45) is 0 Å². The van der Waals surface area contributed by atoms with Gasteiger partial charge < -0.3 is 0 Å². The molecule has 0 aliphatic carbocycles. The van der Waals surface area contributed by atoms with Crippen LogP contribution >= 0.6 is 15.9 Å². The Morgan fingerprint density at radius 3 is 2.44 bits per heavy atom. The van der Waals surface area contributed by atoms with Crippen molar-refractivity contribution in [2.45, 2.75) is 18.7 Å². The fourth-order valence-corrected chi connectivity index (χ4v) is 0.598. The summed E-state index contributed by atoms with van der Waals surface area (Å²) in [5, 5.41) is 9.43. The van der Waals surface area contributed by atoms with Crippen molar-refractivity contribution in [3.8, 4) is 0 Å². The zero-order valence-corrected chi connectivity index (χ0v) is 7.05. The fourth-order valence-electron chi connectivity index (χ4n) is 0.361. The Bertz CT molecular complexity index is 105. The molecular formula is C5H10BrNO2. The largest absolute Gasteiger partial charge is 0.286 e. The van der Waals surface area contributed by atoms with E-state index in [1.54, 1.807) is 13.8 Å². The molecule has 0 saturated heterocycles. The predicted molar refractivity (Wildman–Crippen MR) is 37.6 cm³/mol. The quantitative estimate of drug-likeness (QED) is 0.406. The van der Waals surface area contributed by atoms with Gasteiger partial charge in [-0.3, -0.25) is 10.0 Å². The Morgan fingerprint density at radius 2 is 2.33 bits per heavy atom. The molecule has 0 aromatic carbocycles. The van der Waals surface area contributed by atoms with E-state index in [0.717, 1.165) is 0 Å². The number of rotatable bonds is 2. The summed E-state index contributed by atoms with van der Waals surface area (Å²) >= 11 is 3.03. The average molecular weight is 196 g/mol. The number of carbonyl (C=O) groups is 1. The summed E-state index contributed by atoms with van der Waals surface area (Å²) in [6.07, 6.45) is 0. The highest BCUT2D eigenvalue weighted by Crippen LogP contribution is 2.00. The molecule has 0 aliphatic rings. The fraction of sp³-hybridized carbons (Fsp3) is 0.800. The van der Waals surface area contributed by atoms with Gasteiger partial charge in [0.15, 0.2) is 0 Å². The molecule has 0 radical (unpaired) electrons. The zero-order chi connectivity index (χ0) is 7.44. The number of halogens is 1. The molecule has 0 spiro atoms. The van der Waals surface area contributed by atoms with Crippen LogP contribution in [0.2, 0.25) is 0 Å². The molecule has 0 fully saturated rings. The molecule has 0 aromatic heterocycles. The molecule has 1 atom stereocenters. The van der Waals surface area contributed by atoms with Gasteiger partial charge in [0.2, 0.25) is 0 Å². The lowest BCUT2D eigenvalue weighted by Gasteiger charge is -2.12. The number of carbonyl (C=O) groups excluding carboxylic acids is 1. The maximum absolute atomic E-state index is 10.7. The van der Waals surface area contributed by atoms with Crippen molar-refractivity contribution in [1.82, 2.24) is 5.06 Å². The lowest BCUT2D eigenvalue weighted by atomic mass is 10.4. The normalized spacial score (nSPS) is 12.9.